The van der Waals surface area contributed by atoms with E-state index < -0.39 is 12.1 Å². The second-order valence-electron chi connectivity index (χ2n) is 8.49. The average molecular weight is 473 g/mol. The van der Waals surface area contributed by atoms with Gasteiger partial charge in [-0.05, 0) is 60.4 Å². The number of nitrogens with zero attached hydrogens (tertiary/aromatic N) is 3. The Hall–Kier alpha value is -3.69. The molecule has 2 aromatic carbocycles. The lowest BCUT2D eigenvalue weighted by molar-refractivity contribution is -0.383. The molecule has 10 heteroatoms. The minimum Gasteiger partial charge on any atom is -0.475 e. The van der Waals surface area contributed by atoms with Crippen LogP contribution in [0.4, 0.5) is 24.5 Å². The van der Waals surface area contributed by atoms with Gasteiger partial charge in [0.25, 0.3) is 5.69 Å². The summed E-state index contributed by atoms with van der Waals surface area (Å²) in [6.07, 6.45) is 1.29. The number of non-ortho nitro benzene ring substituents is 1. The quantitative estimate of drug-likeness (QED) is 0.403. The number of nitro benzene ring substituents is 1. The summed E-state index contributed by atoms with van der Waals surface area (Å²) < 4.78 is 31.7. The Bertz CT molecular complexity index is 1240. The van der Waals surface area contributed by atoms with Crippen molar-refractivity contribution in [3.8, 4) is 0 Å². The SMILES string of the molecule is O=C(O)C(F)(F)F.O=[N+]([O-])c1ccc(N2CCC3(CCc4ccccc43)CC2)c2ncccc12. The fraction of sp³-hybridized carbons (Fsp3) is 0.333. The summed E-state index contributed by atoms with van der Waals surface area (Å²) in [6, 6.07) is 15.9. The van der Waals surface area contributed by atoms with Gasteiger partial charge in [0.15, 0.2) is 0 Å². The number of aryl methyl sites for hydroxylation is 1. The summed E-state index contributed by atoms with van der Waals surface area (Å²) in [7, 11) is 0. The number of carboxylic acid groups (broad SMARTS) is 1. The molecule has 1 aliphatic carbocycles. The Morgan fingerprint density at radius 2 is 1.74 bits per heavy atom. The van der Waals surface area contributed by atoms with Crippen LogP contribution in [0.15, 0.2) is 54.7 Å². The van der Waals surface area contributed by atoms with Gasteiger partial charge in [0, 0.05) is 25.4 Å². The van der Waals surface area contributed by atoms with Crippen molar-refractivity contribution in [1.29, 1.82) is 0 Å². The molecule has 0 atom stereocenters. The highest BCUT2D eigenvalue weighted by atomic mass is 19.4. The summed E-state index contributed by atoms with van der Waals surface area (Å²) >= 11 is 0. The second kappa shape index (κ2) is 8.92. The monoisotopic (exact) mass is 473 g/mol. The highest BCUT2D eigenvalue weighted by Crippen LogP contribution is 2.47. The van der Waals surface area contributed by atoms with Crippen molar-refractivity contribution < 1.29 is 28.0 Å². The van der Waals surface area contributed by atoms with Gasteiger partial charge in [-0.25, -0.2) is 4.79 Å². The molecule has 1 fully saturated rings. The van der Waals surface area contributed by atoms with Crippen molar-refractivity contribution in [2.45, 2.75) is 37.3 Å². The Balaban J connectivity index is 0.000000344. The van der Waals surface area contributed by atoms with E-state index in [0.29, 0.717) is 10.8 Å². The van der Waals surface area contributed by atoms with E-state index >= 15 is 0 Å². The summed E-state index contributed by atoms with van der Waals surface area (Å²) in [6.45, 7) is 1.91. The zero-order valence-electron chi connectivity index (χ0n) is 18.1. The molecule has 178 valence electrons. The van der Waals surface area contributed by atoms with Crippen LogP contribution in [0.5, 0.6) is 0 Å². The molecule has 34 heavy (non-hydrogen) atoms. The molecule has 1 spiro atoms. The molecule has 0 saturated carbocycles. The molecule has 1 aromatic heterocycles. The molecule has 3 aromatic rings. The molecule has 0 unspecified atom stereocenters. The van der Waals surface area contributed by atoms with E-state index in [1.807, 2.05) is 6.07 Å². The van der Waals surface area contributed by atoms with E-state index in [-0.39, 0.29) is 10.6 Å². The molecule has 1 N–H and O–H groups in total. The van der Waals surface area contributed by atoms with Crippen LogP contribution < -0.4 is 4.90 Å². The first-order chi connectivity index (χ1) is 16.1. The number of fused-ring (bicyclic) bond motifs is 3. The van der Waals surface area contributed by atoms with E-state index in [9.17, 15) is 23.3 Å². The van der Waals surface area contributed by atoms with Crippen molar-refractivity contribution in [2.75, 3.05) is 18.0 Å². The maximum atomic E-state index is 11.4. The molecule has 2 aliphatic rings. The number of nitro groups is 1. The standard InChI is InChI=1S/C22H21N3O2.C2HF3O2/c26-25(27)19-7-8-20(21-17(19)5-3-13-23-21)24-14-11-22(12-15-24)10-9-16-4-1-2-6-18(16)22;3-2(4,5)1(6)7/h1-8,13H,9-12,14-15H2;(H,6,7). The molecule has 0 bridgehead atoms. The Kier molecular flexibility index (Phi) is 6.16. The van der Waals surface area contributed by atoms with E-state index in [0.717, 1.165) is 37.1 Å². The third-order valence-corrected chi connectivity index (χ3v) is 6.69. The number of hydrogen-bond donors (Lipinski definition) is 1. The molecular weight excluding hydrogens is 451 g/mol. The third-order valence-electron chi connectivity index (χ3n) is 6.69. The Morgan fingerprint density at radius 3 is 2.38 bits per heavy atom. The minimum atomic E-state index is -5.08. The molecule has 2 heterocycles. The van der Waals surface area contributed by atoms with Crippen LogP contribution in [0.25, 0.3) is 10.9 Å². The van der Waals surface area contributed by atoms with E-state index in [2.05, 4.69) is 34.1 Å². The predicted molar refractivity (Wildman–Crippen MR) is 120 cm³/mol. The molecular formula is C24H22F3N3O4. The first-order valence-corrected chi connectivity index (χ1v) is 10.8. The smallest absolute Gasteiger partial charge is 0.475 e. The van der Waals surface area contributed by atoms with Crippen molar-refractivity contribution in [3.05, 3.63) is 76.0 Å². The minimum absolute atomic E-state index is 0.125. The van der Waals surface area contributed by atoms with Gasteiger partial charge >= 0.3 is 12.1 Å². The lowest BCUT2D eigenvalue weighted by atomic mass is 9.74. The number of carboxylic acids is 1. The van der Waals surface area contributed by atoms with Crippen LogP contribution in [0.2, 0.25) is 0 Å². The van der Waals surface area contributed by atoms with Gasteiger partial charge in [-0.15, -0.1) is 0 Å². The average Bonchev–Trinajstić information content (AvgIpc) is 3.17. The van der Waals surface area contributed by atoms with Gasteiger partial charge in [-0.1, -0.05) is 24.3 Å². The molecule has 1 aliphatic heterocycles. The van der Waals surface area contributed by atoms with Gasteiger partial charge in [0.05, 0.1) is 16.0 Å². The van der Waals surface area contributed by atoms with Crippen LogP contribution in [0.1, 0.15) is 30.4 Å². The number of anilines is 1. The topological polar surface area (TPSA) is 96.6 Å². The first kappa shape index (κ1) is 23.5. The highest BCUT2D eigenvalue weighted by molar-refractivity contribution is 5.97. The third kappa shape index (κ3) is 4.40. The fourth-order valence-electron chi connectivity index (χ4n) is 5.02. The Morgan fingerprint density at radius 1 is 1.06 bits per heavy atom. The van der Waals surface area contributed by atoms with Crippen LogP contribution in [-0.4, -0.2) is 40.2 Å². The van der Waals surface area contributed by atoms with Gasteiger partial charge in [-0.2, -0.15) is 13.2 Å². The number of piperidine rings is 1. The Labute approximate surface area is 193 Å². The number of alkyl halides is 3. The summed E-state index contributed by atoms with van der Waals surface area (Å²) in [4.78, 5) is 26.8. The van der Waals surface area contributed by atoms with Gasteiger partial charge in [-0.3, -0.25) is 15.1 Å². The zero-order chi connectivity index (χ0) is 24.5. The molecule has 7 nitrogen and oxygen atoms in total. The highest BCUT2D eigenvalue weighted by Gasteiger charge is 2.41. The fourth-order valence-corrected chi connectivity index (χ4v) is 5.02. The first-order valence-electron chi connectivity index (χ1n) is 10.8. The van der Waals surface area contributed by atoms with E-state index in [1.165, 1.54) is 24.0 Å². The molecule has 0 amide bonds. The van der Waals surface area contributed by atoms with Gasteiger partial charge in [0.2, 0.25) is 0 Å². The van der Waals surface area contributed by atoms with Crippen molar-refractivity contribution in [3.63, 3.8) is 0 Å². The number of aromatic nitrogens is 1. The lowest BCUT2D eigenvalue weighted by Gasteiger charge is -2.41. The summed E-state index contributed by atoms with van der Waals surface area (Å²) in [5.41, 5.74) is 5.22. The van der Waals surface area contributed by atoms with Crippen molar-refractivity contribution in [1.82, 2.24) is 4.98 Å². The van der Waals surface area contributed by atoms with Crippen molar-refractivity contribution in [2.24, 2.45) is 0 Å². The molecule has 1 saturated heterocycles. The molecule has 0 radical (unpaired) electrons. The van der Waals surface area contributed by atoms with Crippen LogP contribution in [-0.2, 0) is 16.6 Å². The number of rotatable bonds is 2. The van der Waals surface area contributed by atoms with E-state index in [4.69, 9.17) is 9.90 Å². The number of carbonyl (C=O) groups is 1. The maximum absolute atomic E-state index is 11.4. The number of aliphatic carboxylic acids is 1. The largest absolute Gasteiger partial charge is 0.490 e. The molecule has 5 rings (SSSR count). The number of pyridine rings is 1. The lowest BCUT2D eigenvalue weighted by Crippen LogP contribution is -2.41. The summed E-state index contributed by atoms with van der Waals surface area (Å²) in [5.74, 6) is -2.76. The summed E-state index contributed by atoms with van der Waals surface area (Å²) in [5, 5.41) is 19.1. The van der Waals surface area contributed by atoms with Gasteiger partial charge < -0.3 is 10.0 Å². The van der Waals surface area contributed by atoms with Crippen LogP contribution >= 0.6 is 0 Å². The second-order valence-corrected chi connectivity index (χ2v) is 8.49. The van der Waals surface area contributed by atoms with E-state index in [1.54, 1.807) is 24.4 Å². The normalized spacial score (nSPS) is 16.6. The van der Waals surface area contributed by atoms with Crippen LogP contribution in [0, 0.1) is 10.1 Å². The number of hydrogen-bond acceptors (Lipinski definition) is 5. The predicted octanol–water partition coefficient (Wildman–Crippen LogP) is 5.26. The zero-order valence-corrected chi connectivity index (χ0v) is 18.1. The number of halogens is 3. The number of benzene rings is 2. The van der Waals surface area contributed by atoms with Crippen LogP contribution in [0.3, 0.4) is 0 Å². The maximum Gasteiger partial charge on any atom is 0.490 e. The van der Waals surface area contributed by atoms with Crippen molar-refractivity contribution >= 4 is 28.2 Å². The van der Waals surface area contributed by atoms with Gasteiger partial charge in [0.1, 0.15) is 5.52 Å².